The van der Waals surface area contributed by atoms with Crippen LogP contribution in [0.2, 0.25) is 0 Å². The number of hydrogen-bond donors (Lipinski definition) is 1. The second-order valence-electron chi connectivity index (χ2n) is 2.53. The van der Waals surface area contributed by atoms with Crippen molar-refractivity contribution in [3.05, 3.63) is 23.9 Å². The van der Waals surface area contributed by atoms with Gasteiger partial charge >= 0.3 is 0 Å². The molecule has 13 heavy (non-hydrogen) atoms. The molecule has 1 heterocycles. The number of rotatable bonds is 4. The number of aromatic nitrogens is 1. The summed E-state index contributed by atoms with van der Waals surface area (Å²) in [7, 11) is 1.51. The number of methoxy groups -OCH3 is 1. The minimum atomic E-state index is -0.0543. The van der Waals surface area contributed by atoms with E-state index in [4.69, 9.17) is 10.5 Å². The molecular formula is C9H12N2O2. The van der Waals surface area contributed by atoms with Crippen LogP contribution in [0.5, 0.6) is 5.88 Å². The van der Waals surface area contributed by atoms with Gasteiger partial charge in [-0.15, -0.1) is 0 Å². The van der Waals surface area contributed by atoms with Crippen molar-refractivity contribution in [2.75, 3.05) is 13.7 Å². The number of carbonyl (C=O) groups is 1. The summed E-state index contributed by atoms with van der Waals surface area (Å²) < 4.78 is 4.89. The molecule has 0 atom stereocenters. The van der Waals surface area contributed by atoms with Gasteiger partial charge in [0, 0.05) is 12.5 Å². The van der Waals surface area contributed by atoms with Crippen molar-refractivity contribution in [2.45, 2.75) is 6.42 Å². The third-order valence-electron chi connectivity index (χ3n) is 1.59. The Hall–Kier alpha value is -1.42. The SMILES string of the molecule is COc1cccc(C(=O)CCN)n1. The van der Waals surface area contributed by atoms with Gasteiger partial charge in [0.25, 0.3) is 0 Å². The molecule has 1 aromatic heterocycles. The molecule has 0 spiro atoms. The predicted molar refractivity (Wildman–Crippen MR) is 48.8 cm³/mol. The van der Waals surface area contributed by atoms with Gasteiger partial charge in [0.15, 0.2) is 5.78 Å². The Bertz CT molecular complexity index is 299. The molecule has 0 aliphatic heterocycles. The van der Waals surface area contributed by atoms with Crippen LogP contribution < -0.4 is 10.5 Å². The number of hydrogen-bond acceptors (Lipinski definition) is 4. The van der Waals surface area contributed by atoms with E-state index in [0.717, 1.165) is 0 Å². The topological polar surface area (TPSA) is 65.2 Å². The molecule has 0 saturated heterocycles. The fourth-order valence-corrected chi connectivity index (χ4v) is 0.943. The first-order valence-corrected chi connectivity index (χ1v) is 4.02. The molecular weight excluding hydrogens is 168 g/mol. The van der Waals surface area contributed by atoms with Crippen LogP contribution in [-0.2, 0) is 0 Å². The maximum absolute atomic E-state index is 11.3. The van der Waals surface area contributed by atoms with Crippen molar-refractivity contribution < 1.29 is 9.53 Å². The van der Waals surface area contributed by atoms with Gasteiger partial charge < -0.3 is 10.5 Å². The first kappa shape index (κ1) is 9.67. The van der Waals surface area contributed by atoms with E-state index in [0.29, 0.717) is 24.5 Å². The Morgan fingerprint density at radius 3 is 3.00 bits per heavy atom. The molecule has 1 aromatic rings. The van der Waals surface area contributed by atoms with E-state index < -0.39 is 0 Å². The van der Waals surface area contributed by atoms with Crippen molar-refractivity contribution in [2.24, 2.45) is 5.73 Å². The largest absolute Gasteiger partial charge is 0.481 e. The highest BCUT2D eigenvalue weighted by Gasteiger charge is 2.06. The number of ether oxygens (including phenoxy) is 1. The summed E-state index contributed by atoms with van der Waals surface area (Å²) in [5.41, 5.74) is 5.66. The normalized spacial score (nSPS) is 9.69. The summed E-state index contributed by atoms with van der Waals surface area (Å²) in [6.07, 6.45) is 0.320. The molecule has 4 heteroatoms. The highest BCUT2D eigenvalue weighted by Crippen LogP contribution is 2.07. The monoisotopic (exact) mass is 180 g/mol. The second-order valence-corrected chi connectivity index (χ2v) is 2.53. The van der Waals surface area contributed by atoms with E-state index in [1.807, 2.05) is 0 Å². The Kier molecular flexibility index (Phi) is 3.40. The van der Waals surface area contributed by atoms with Crippen molar-refractivity contribution >= 4 is 5.78 Å². The van der Waals surface area contributed by atoms with E-state index in [2.05, 4.69) is 4.98 Å². The molecule has 70 valence electrons. The molecule has 0 bridgehead atoms. The molecule has 0 saturated carbocycles. The lowest BCUT2D eigenvalue weighted by atomic mass is 10.2. The zero-order valence-corrected chi connectivity index (χ0v) is 7.49. The first-order valence-electron chi connectivity index (χ1n) is 4.02. The van der Waals surface area contributed by atoms with Crippen molar-refractivity contribution in [3.63, 3.8) is 0 Å². The van der Waals surface area contributed by atoms with Crippen molar-refractivity contribution in [1.82, 2.24) is 4.98 Å². The second kappa shape index (κ2) is 4.57. The average Bonchev–Trinajstić information content (AvgIpc) is 2.18. The van der Waals surface area contributed by atoms with Gasteiger partial charge in [-0.2, -0.15) is 0 Å². The van der Waals surface area contributed by atoms with Gasteiger partial charge in [-0.05, 0) is 12.6 Å². The van der Waals surface area contributed by atoms with Gasteiger partial charge in [0.1, 0.15) is 5.69 Å². The number of ketones is 1. The minimum absolute atomic E-state index is 0.0543. The van der Waals surface area contributed by atoms with Crippen LogP contribution in [0.3, 0.4) is 0 Å². The summed E-state index contributed by atoms with van der Waals surface area (Å²) in [5, 5.41) is 0. The number of nitrogens with two attached hydrogens (primary N) is 1. The van der Waals surface area contributed by atoms with Crippen LogP contribution in [0.1, 0.15) is 16.9 Å². The van der Waals surface area contributed by atoms with Crippen LogP contribution in [0.4, 0.5) is 0 Å². The predicted octanol–water partition coefficient (Wildman–Crippen LogP) is 0.622. The summed E-state index contributed by atoms with van der Waals surface area (Å²) >= 11 is 0. The summed E-state index contributed by atoms with van der Waals surface area (Å²) in [6, 6.07) is 5.08. The quantitative estimate of drug-likeness (QED) is 0.690. The van der Waals surface area contributed by atoms with Crippen molar-refractivity contribution in [1.29, 1.82) is 0 Å². The highest BCUT2D eigenvalue weighted by molar-refractivity contribution is 5.94. The van der Waals surface area contributed by atoms with E-state index >= 15 is 0 Å². The standard InChI is InChI=1S/C9H12N2O2/c1-13-9-4-2-3-7(11-9)8(12)5-6-10/h2-4H,5-6,10H2,1H3. The Morgan fingerprint density at radius 2 is 2.38 bits per heavy atom. The summed E-state index contributed by atoms with van der Waals surface area (Å²) in [5.74, 6) is 0.393. The van der Waals surface area contributed by atoms with Crippen LogP contribution in [0.25, 0.3) is 0 Å². The van der Waals surface area contributed by atoms with E-state index in [9.17, 15) is 4.79 Å². The summed E-state index contributed by atoms with van der Waals surface area (Å²) in [6.45, 7) is 0.345. The smallest absolute Gasteiger partial charge is 0.213 e. The zero-order valence-electron chi connectivity index (χ0n) is 7.49. The Morgan fingerprint density at radius 1 is 1.62 bits per heavy atom. The maximum Gasteiger partial charge on any atom is 0.213 e. The lowest BCUT2D eigenvalue weighted by Crippen LogP contribution is -2.09. The van der Waals surface area contributed by atoms with Crippen LogP contribution >= 0.6 is 0 Å². The van der Waals surface area contributed by atoms with Crippen LogP contribution in [-0.4, -0.2) is 24.4 Å². The van der Waals surface area contributed by atoms with E-state index in [-0.39, 0.29) is 5.78 Å². The van der Waals surface area contributed by atoms with Crippen LogP contribution in [0, 0.1) is 0 Å². The zero-order chi connectivity index (χ0) is 9.68. The van der Waals surface area contributed by atoms with E-state index in [1.165, 1.54) is 7.11 Å². The number of Topliss-reactive ketones (excluding diaryl/α,β-unsaturated/α-hetero) is 1. The molecule has 0 aliphatic carbocycles. The Labute approximate surface area is 76.7 Å². The van der Waals surface area contributed by atoms with Gasteiger partial charge in [0.05, 0.1) is 7.11 Å². The van der Waals surface area contributed by atoms with Gasteiger partial charge in [-0.25, -0.2) is 4.98 Å². The molecule has 0 unspecified atom stereocenters. The minimum Gasteiger partial charge on any atom is -0.481 e. The number of pyridine rings is 1. The number of nitrogens with zero attached hydrogens (tertiary/aromatic N) is 1. The molecule has 0 amide bonds. The molecule has 2 N–H and O–H groups in total. The highest BCUT2D eigenvalue weighted by atomic mass is 16.5. The lowest BCUT2D eigenvalue weighted by Gasteiger charge is -2.01. The third-order valence-corrected chi connectivity index (χ3v) is 1.59. The van der Waals surface area contributed by atoms with Gasteiger partial charge in [-0.3, -0.25) is 4.79 Å². The molecule has 4 nitrogen and oxygen atoms in total. The molecule has 0 radical (unpaired) electrons. The van der Waals surface area contributed by atoms with Crippen molar-refractivity contribution in [3.8, 4) is 5.88 Å². The number of carbonyl (C=O) groups excluding carboxylic acids is 1. The fraction of sp³-hybridized carbons (Fsp3) is 0.333. The molecule has 0 aliphatic rings. The lowest BCUT2D eigenvalue weighted by molar-refractivity contribution is 0.0980. The maximum atomic E-state index is 11.3. The third kappa shape index (κ3) is 2.52. The fourth-order valence-electron chi connectivity index (χ4n) is 0.943. The molecule has 0 fully saturated rings. The first-order chi connectivity index (χ1) is 6.27. The molecule has 1 rings (SSSR count). The summed E-state index contributed by atoms with van der Waals surface area (Å²) in [4.78, 5) is 15.3. The van der Waals surface area contributed by atoms with Gasteiger partial charge in [-0.1, -0.05) is 6.07 Å². The average molecular weight is 180 g/mol. The van der Waals surface area contributed by atoms with Crippen LogP contribution in [0.15, 0.2) is 18.2 Å². The Balaban J connectivity index is 2.82. The van der Waals surface area contributed by atoms with E-state index in [1.54, 1.807) is 18.2 Å². The van der Waals surface area contributed by atoms with Gasteiger partial charge in [0.2, 0.25) is 5.88 Å². The molecule has 0 aromatic carbocycles.